The lowest BCUT2D eigenvalue weighted by Crippen LogP contribution is -2.32. The average molecular weight is 497 g/mol. The number of unbranched alkanes of at least 4 members (excludes halogenated alkanes) is 19. The Balaban J connectivity index is 1.58. The van der Waals surface area contributed by atoms with Crippen LogP contribution in [-0.4, -0.2) is 22.9 Å². The summed E-state index contributed by atoms with van der Waals surface area (Å²) in [6.45, 7) is 6.97. The Labute approximate surface area is 225 Å². The fraction of sp³-hybridized carbons (Fsp3) is 0.765. The van der Waals surface area contributed by atoms with Crippen LogP contribution < -0.4 is 0 Å². The van der Waals surface area contributed by atoms with Gasteiger partial charge in [0, 0.05) is 25.5 Å². The zero-order chi connectivity index (χ0) is 25.5. The summed E-state index contributed by atoms with van der Waals surface area (Å²) in [5.74, 6) is 0. The lowest BCUT2D eigenvalue weighted by molar-refractivity contribution is 0.149. The first-order chi connectivity index (χ1) is 17.9. The van der Waals surface area contributed by atoms with Gasteiger partial charge >= 0.3 is 0 Å². The van der Waals surface area contributed by atoms with Crippen LogP contribution in [0.25, 0.3) is 0 Å². The van der Waals surface area contributed by atoms with Gasteiger partial charge in [-0.3, -0.25) is 0 Å². The van der Waals surface area contributed by atoms with Crippen molar-refractivity contribution < 1.29 is 0 Å². The first-order valence-corrected chi connectivity index (χ1v) is 16.1. The summed E-state index contributed by atoms with van der Waals surface area (Å²) >= 11 is 0. The number of nitrogens with zero attached hydrogens (tertiary/aromatic N) is 2. The molecule has 2 heteroatoms. The van der Waals surface area contributed by atoms with Crippen LogP contribution in [-0.2, 0) is 0 Å². The Hall–Kier alpha value is -1.44. The van der Waals surface area contributed by atoms with Gasteiger partial charge in [-0.2, -0.15) is 0 Å². The lowest BCUT2D eigenvalue weighted by atomic mass is 10.0. The smallest absolute Gasteiger partial charge is 0.127 e. The summed E-state index contributed by atoms with van der Waals surface area (Å²) in [6.07, 6.45) is 34.7. The Morgan fingerprint density at radius 2 is 0.778 bits per heavy atom. The molecule has 2 nitrogen and oxygen atoms in total. The Kier molecular flexibility index (Phi) is 18.5. The quantitative estimate of drug-likeness (QED) is 0.131. The van der Waals surface area contributed by atoms with E-state index in [-0.39, 0.29) is 0 Å². The molecule has 1 aromatic rings. The van der Waals surface area contributed by atoms with Gasteiger partial charge in [0.15, 0.2) is 0 Å². The van der Waals surface area contributed by atoms with Crippen LogP contribution in [0.3, 0.4) is 0 Å². The third-order valence-electron chi connectivity index (χ3n) is 7.97. The lowest BCUT2D eigenvalue weighted by Gasteiger charge is -2.33. The second-order valence-corrected chi connectivity index (χ2v) is 11.3. The maximum atomic E-state index is 2.60. The minimum atomic E-state index is 0.396. The van der Waals surface area contributed by atoms with Gasteiger partial charge in [-0.15, -0.1) is 0 Å². The molecule has 0 aliphatic carbocycles. The summed E-state index contributed by atoms with van der Waals surface area (Å²) in [4.78, 5) is 5.19. The van der Waals surface area contributed by atoms with Crippen molar-refractivity contribution in [1.82, 2.24) is 9.80 Å². The molecule has 0 aromatic heterocycles. The van der Waals surface area contributed by atoms with Crippen molar-refractivity contribution in [3.05, 3.63) is 48.3 Å². The van der Waals surface area contributed by atoms with Crippen LogP contribution >= 0.6 is 0 Å². The van der Waals surface area contributed by atoms with Crippen molar-refractivity contribution in [1.29, 1.82) is 0 Å². The number of hydrogen-bond donors (Lipinski definition) is 0. The van der Waals surface area contributed by atoms with Crippen LogP contribution in [0.1, 0.15) is 160 Å². The molecule has 36 heavy (non-hydrogen) atoms. The fourth-order valence-corrected chi connectivity index (χ4v) is 5.67. The van der Waals surface area contributed by atoms with Gasteiger partial charge in [-0.05, 0) is 18.4 Å². The predicted molar refractivity (Wildman–Crippen MR) is 160 cm³/mol. The average Bonchev–Trinajstić information content (AvgIpc) is 3.31. The van der Waals surface area contributed by atoms with Gasteiger partial charge in [0.05, 0.1) is 0 Å². The largest absolute Gasteiger partial charge is 0.352 e. The van der Waals surface area contributed by atoms with Crippen molar-refractivity contribution in [2.45, 2.75) is 155 Å². The minimum Gasteiger partial charge on any atom is -0.352 e. The molecular formula is C34H60N2. The highest BCUT2D eigenvalue weighted by Gasteiger charge is 2.26. The molecule has 0 radical (unpaired) electrons. The first-order valence-electron chi connectivity index (χ1n) is 16.1. The molecule has 206 valence electrons. The zero-order valence-corrected chi connectivity index (χ0v) is 24.3. The fourth-order valence-electron chi connectivity index (χ4n) is 5.67. The molecule has 0 spiro atoms. The topological polar surface area (TPSA) is 6.48 Å². The predicted octanol–water partition coefficient (Wildman–Crippen LogP) is 11.0. The third-order valence-corrected chi connectivity index (χ3v) is 7.97. The van der Waals surface area contributed by atoms with Crippen LogP contribution in [0.15, 0.2) is 42.7 Å². The van der Waals surface area contributed by atoms with Crippen molar-refractivity contribution in [3.63, 3.8) is 0 Å². The van der Waals surface area contributed by atoms with E-state index in [1.165, 1.54) is 153 Å². The van der Waals surface area contributed by atoms with E-state index >= 15 is 0 Å². The van der Waals surface area contributed by atoms with Gasteiger partial charge in [0.25, 0.3) is 0 Å². The number of benzene rings is 1. The minimum absolute atomic E-state index is 0.396. The normalized spacial score (nSPS) is 15.3. The summed E-state index contributed by atoms with van der Waals surface area (Å²) in [5.41, 5.74) is 1.44. The highest BCUT2D eigenvalue weighted by Crippen LogP contribution is 2.31. The SMILES string of the molecule is CCCCCCCCCCCCCCCN1C=CN(CCCCCCCCCC)C1c1ccccc1. The van der Waals surface area contributed by atoms with E-state index in [0.717, 1.165) is 0 Å². The van der Waals surface area contributed by atoms with E-state index in [1.54, 1.807) is 0 Å². The molecule has 0 fully saturated rings. The molecule has 0 saturated carbocycles. The van der Waals surface area contributed by atoms with E-state index in [0.29, 0.717) is 6.17 Å². The highest BCUT2D eigenvalue weighted by molar-refractivity contribution is 5.21. The van der Waals surface area contributed by atoms with Crippen LogP contribution in [0, 0.1) is 0 Å². The van der Waals surface area contributed by atoms with Gasteiger partial charge in [-0.1, -0.05) is 166 Å². The molecule has 1 unspecified atom stereocenters. The molecule has 1 heterocycles. The van der Waals surface area contributed by atoms with Crippen molar-refractivity contribution in [2.24, 2.45) is 0 Å². The van der Waals surface area contributed by atoms with Crippen molar-refractivity contribution in [2.75, 3.05) is 13.1 Å². The summed E-state index contributed by atoms with van der Waals surface area (Å²) in [6, 6.07) is 11.2. The van der Waals surface area contributed by atoms with E-state index in [4.69, 9.17) is 0 Å². The van der Waals surface area contributed by atoms with Gasteiger partial charge < -0.3 is 9.80 Å². The molecule has 1 aliphatic rings. The van der Waals surface area contributed by atoms with E-state index in [9.17, 15) is 0 Å². The molecule has 0 N–H and O–H groups in total. The Morgan fingerprint density at radius 3 is 1.14 bits per heavy atom. The molecule has 0 bridgehead atoms. The van der Waals surface area contributed by atoms with E-state index in [1.807, 2.05) is 0 Å². The maximum Gasteiger partial charge on any atom is 0.127 e. The second kappa shape index (κ2) is 21.6. The summed E-state index contributed by atoms with van der Waals surface area (Å²) in [7, 11) is 0. The van der Waals surface area contributed by atoms with Crippen LogP contribution in [0.2, 0.25) is 0 Å². The molecule has 1 atom stereocenters. The number of hydrogen-bond acceptors (Lipinski definition) is 2. The Morgan fingerprint density at radius 1 is 0.444 bits per heavy atom. The molecule has 1 aliphatic heterocycles. The number of rotatable bonds is 24. The van der Waals surface area contributed by atoms with Gasteiger partial charge in [0.2, 0.25) is 0 Å². The van der Waals surface area contributed by atoms with E-state index in [2.05, 4.69) is 66.4 Å². The zero-order valence-electron chi connectivity index (χ0n) is 24.3. The monoisotopic (exact) mass is 496 g/mol. The Bertz CT molecular complexity index is 625. The molecule has 2 rings (SSSR count). The van der Waals surface area contributed by atoms with Gasteiger partial charge in [0.1, 0.15) is 6.17 Å². The maximum absolute atomic E-state index is 2.60. The summed E-state index contributed by atoms with van der Waals surface area (Å²) < 4.78 is 0. The van der Waals surface area contributed by atoms with Crippen LogP contribution in [0.5, 0.6) is 0 Å². The molecule has 0 amide bonds. The second-order valence-electron chi connectivity index (χ2n) is 11.3. The summed E-state index contributed by atoms with van der Waals surface area (Å²) in [5, 5.41) is 0. The van der Waals surface area contributed by atoms with Crippen LogP contribution in [0.4, 0.5) is 0 Å². The van der Waals surface area contributed by atoms with Gasteiger partial charge in [-0.25, -0.2) is 0 Å². The van der Waals surface area contributed by atoms with E-state index < -0.39 is 0 Å². The van der Waals surface area contributed by atoms with Crippen molar-refractivity contribution in [3.8, 4) is 0 Å². The molecule has 1 aromatic carbocycles. The van der Waals surface area contributed by atoms with Crippen molar-refractivity contribution >= 4 is 0 Å². The third kappa shape index (κ3) is 13.8. The molecule has 0 saturated heterocycles. The molecular weight excluding hydrogens is 436 g/mol. The standard InChI is InChI=1S/C34H60N2/c1-3-5-7-9-11-13-14-15-16-17-19-21-26-30-36-32-31-35(34(36)33-27-23-22-24-28-33)29-25-20-18-12-10-8-6-4-2/h22-24,27-28,31-32,34H,3-21,25-26,29-30H2,1-2H3. The first kappa shape index (κ1) is 30.8. The highest BCUT2D eigenvalue weighted by atomic mass is 15.4.